The molecule has 0 bridgehead atoms. The van der Waals surface area contributed by atoms with Crippen molar-refractivity contribution in [3.05, 3.63) is 117 Å². The van der Waals surface area contributed by atoms with Gasteiger partial charge >= 0.3 is 0 Å². The molecule has 0 atom stereocenters. The molecule has 2 N–H and O–H groups in total. The quantitative estimate of drug-likeness (QED) is 0.0605. The Morgan fingerprint density at radius 3 is 2.30 bits per heavy atom. The Kier molecular flexibility index (Phi) is 18.1. The van der Waals surface area contributed by atoms with E-state index in [0.717, 1.165) is 76.4 Å². The number of thioether (sulfide) groups is 1. The summed E-state index contributed by atoms with van der Waals surface area (Å²) < 4.78 is 25.1. The third-order valence-electron chi connectivity index (χ3n) is 11.0. The monoisotopic (exact) mass is 939 g/mol. The van der Waals surface area contributed by atoms with Crippen LogP contribution in [0.3, 0.4) is 0 Å². The van der Waals surface area contributed by atoms with Crippen LogP contribution in [0.2, 0.25) is 0 Å². The van der Waals surface area contributed by atoms with Crippen LogP contribution in [0.1, 0.15) is 49.5 Å². The van der Waals surface area contributed by atoms with Gasteiger partial charge in [-0.2, -0.15) is 0 Å². The number of aromatic nitrogens is 7. The number of carbonyl (C=O) groups is 2. The summed E-state index contributed by atoms with van der Waals surface area (Å²) >= 11 is 2.86. The number of nitrogens with zero attached hydrogens (tertiary/aromatic N) is 9. The number of piperazine rings is 1. The maximum atomic E-state index is 12.9. The molecule has 2 amide bonds. The Bertz CT molecular complexity index is 2530. The highest BCUT2D eigenvalue weighted by atomic mass is 32.2. The van der Waals surface area contributed by atoms with Gasteiger partial charge in [0.15, 0.2) is 4.34 Å². The van der Waals surface area contributed by atoms with Crippen molar-refractivity contribution >= 4 is 51.6 Å². The zero-order valence-corrected chi connectivity index (χ0v) is 39.3. The normalized spacial score (nSPS) is 13.1. The standard InChI is InChI=1S/C46H57N11O7S2/c1-4-35-27-40-41(51-42(35)58)26-34(28-49-40)30-55-12-14-56(15-13-55)38-7-8-39(50-29-38)43(59)48-10-17-61-19-21-63-23-24-64-22-20-62-18-16-54(3)45(60)44-52-53-46(66-44)65-31-36-5-6-37(25-33(36)2)57-11-9-47-32-57/h5-9,11,25-29,32H,4,10,12-24,30-31H2,1-3H3,(H,48,59)(H,51,58). The Balaban J connectivity index is 0.660. The fraction of sp³-hybridized carbons (Fsp3) is 0.435. The number of benzene rings is 1. The van der Waals surface area contributed by atoms with Crippen molar-refractivity contribution in [1.29, 1.82) is 0 Å². The second-order valence-electron chi connectivity index (χ2n) is 15.6. The maximum absolute atomic E-state index is 12.9. The number of fused-ring (bicyclic) bond motifs is 1. The van der Waals surface area contributed by atoms with Crippen molar-refractivity contribution in [3.63, 3.8) is 0 Å². The minimum absolute atomic E-state index is 0.0535. The molecule has 1 aliphatic rings. The number of aromatic amines is 1. The number of likely N-dealkylation sites (N-methyl/N-ethyl adjacent to an activating group) is 1. The van der Waals surface area contributed by atoms with E-state index in [4.69, 9.17) is 18.9 Å². The molecule has 1 fully saturated rings. The van der Waals surface area contributed by atoms with Crippen LogP contribution in [0.4, 0.5) is 5.69 Å². The summed E-state index contributed by atoms with van der Waals surface area (Å²) in [6, 6.07) is 13.9. The van der Waals surface area contributed by atoms with Crippen LogP contribution in [0.25, 0.3) is 16.7 Å². The van der Waals surface area contributed by atoms with Crippen molar-refractivity contribution in [2.45, 2.75) is 36.9 Å². The average molecular weight is 940 g/mol. The third-order valence-corrected chi connectivity index (χ3v) is 13.1. The molecule has 6 aromatic rings. The Morgan fingerprint density at radius 2 is 1.61 bits per heavy atom. The number of ether oxygens (including phenoxy) is 4. The van der Waals surface area contributed by atoms with Crippen LogP contribution in [-0.2, 0) is 37.7 Å². The summed E-state index contributed by atoms with van der Waals surface area (Å²) in [4.78, 5) is 60.1. The highest BCUT2D eigenvalue weighted by molar-refractivity contribution is 8.00. The van der Waals surface area contributed by atoms with E-state index in [9.17, 15) is 14.4 Å². The largest absolute Gasteiger partial charge is 0.377 e. The van der Waals surface area contributed by atoms with Crippen LogP contribution in [0.15, 0.2) is 82.7 Å². The molecular weight excluding hydrogens is 883 g/mol. The first-order chi connectivity index (χ1) is 32.2. The van der Waals surface area contributed by atoms with Crippen LogP contribution >= 0.6 is 23.1 Å². The van der Waals surface area contributed by atoms with E-state index in [2.05, 4.69) is 70.4 Å². The van der Waals surface area contributed by atoms with Gasteiger partial charge in [0.25, 0.3) is 17.4 Å². The lowest BCUT2D eigenvalue weighted by atomic mass is 10.1. The predicted octanol–water partition coefficient (Wildman–Crippen LogP) is 4.41. The Labute approximate surface area is 392 Å². The van der Waals surface area contributed by atoms with Crippen LogP contribution in [0, 0.1) is 6.92 Å². The number of imidazole rings is 1. The second-order valence-corrected chi connectivity index (χ2v) is 17.8. The molecule has 18 nitrogen and oxygen atoms in total. The Hall–Kier alpha value is -5.61. The summed E-state index contributed by atoms with van der Waals surface area (Å²) in [7, 11) is 1.72. The SMILES string of the molecule is CCc1cc2ncc(CN3CCN(c4ccc(C(=O)NCCOCCOCCOCCOCCN(C)C(=O)c5nnc(SCc6ccc(-n7ccnc7)cc6C)s5)nc4)CC3)cc2[nH]c1=O. The van der Waals surface area contributed by atoms with Gasteiger partial charge in [0.2, 0.25) is 5.01 Å². The summed E-state index contributed by atoms with van der Waals surface area (Å²) in [6.45, 7) is 12.1. The zero-order valence-electron chi connectivity index (χ0n) is 37.6. The number of H-pyrrole nitrogens is 1. The molecule has 0 unspecified atom stereocenters. The summed E-state index contributed by atoms with van der Waals surface area (Å²) in [6.07, 6.45) is 9.76. The van der Waals surface area contributed by atoms with Crippen molar-refractivity contribution in [2.24, 2.45) is 0 Å². The number of amides is 2. The minimum atomic E-state index is -0.252. The van der Waals surface area contributed by atoms with Crippen molar-refractivity contribution in [2.75, 3.05) is 104 Å². The van der Waals surface area contributed by atoms with Gasteiger partial charge in [-0.1, -0.05) is 36.1 Å². The van der Waals surface area contributed by atoms with E-state index >= 15 is 0 Å². The minimum Gasteiger partial charge on any atom is -0.377 e. The number of aryl methyl sites for hydroxylation is 2. The lowest BCUT2D eigenvalue weighted by Gasteiger charge is -2.36. The predicted molar refractivity (Wildman–Crippen MR) is 254 cm³/mol. The highest BCUT2D eigenvalue weighted by Crippen LogP contribution is 2.28. The molecule has 6 heterocycles. The smallest absolute Gasteiger partial charge is 0.284 e. The van der Waals surface area contributed by atoms with Gasteiger partial charge in [-0.15, -0.1) is 10.2 Å². The van der Waals surface area contributed by atoms with Gasteiger partial charge in [-0.25, -0.2) is 9.97 Å². The third kappa shape index (κ3) is 14.0. The number of hydrogen-bond acceptors (Lipinski definition) is 16. The molecule has 0 saturated carbocycles. The first-order valence-corrected chi connectivity index (χ1v) is 23.9. The van der Waals surface area contributed by atoms with E-state index in [-0.39, 0.29) is 17.4 Å². The molecule has 5 aromatic heterocycles. The van der Waals surface area contributed by atoms with E-state index in [1.54, 1.807) is 48.5 Å². The van der Waals surface area contributed by atoms with Crippen LogP contribution in [-0.4, -0.2) is 155 Å². The summed E-state index contributed by atoms with van der Waals surface area (Å²) in [5, 5.41) is 11.6. The molecule has 66 heavy (non-hydrogen) atoms. The van der Waals surface area contributed by atoms with Crippen molar-refractivity contribution < 1.29 is 28.5 Å². The molecule has 0 aliphatic carbocycles. The molecule has 350 valence electrons. The number of nitrogens with one attached hydrogen (secondary N) is 2. The average Bonchev–Trinajstić information content (AvgIpc) is 4.06. The molecule has 0 radical (unpaired) electrons. The lowest BCUT2D eigenvalue weighted by Crippen LogP contribution is -2.46. The van der Waals surface area contributed by atoms with E-state index in [1.807, 2.05) is 42.1 Å². The summed E-state index contributed by atoms with van der Waals surface area (Å²) in [5.74, 6) is 0.289. The molecule has 1 saturated heterocycles. The number of anilines is 1. The number of hydrogen-bond donors (Lipinski definition) is 2. The fourth-order valence-electron chi connectivity index (χ4n) is 7.11. The lowest BCUT2D eigenvalue weighted by molar-refractivity contribution is -0.00278. The van der Waals surface area contributed by atoms with Crippen LogP contribution < -0.4 is 15.8 Å². The highest BCUT2D eigenvalue weighted by Gasteiger charge is 2.20. The topological polar surface area (TPSA) is 195 Å². The fourth-order valence-corrected chi connectivity index (χ4v) is 9.03. The summed E-state index contributed by atoms with van der Waals surface area (Å²) in [5.41, 5.74) is 8.08. The second kappa shape index (κ2) is 24.8. The van der Waals surface area contributed by atoms with Gasteiger partial charge in [0, 0.05) is 88.5 Å². The van der Waals surface area contributed by atoms with Gasteiger partial charge < -0.3 is 43.6 Å². The van der Waals surface area contributed by atoms with Gasteiger partial charge in [0.1, 0.15) is 5.69 Å². The maximum Gasteiger partial charge on any atom is 0.284 e. The van der Waals surface area contributed by atoms with E-state index in [0.29, 0.717) is 83.1 Å². The Morgan fingerprint density at radius 1 is 0.864 bits per heavy atom. The van der Waals surface area contributed by atoms with Crippen LogP contribution in [0.5, 0.6) is 0 Å². The van der Waals surface area contributed by atoms with Gasteiger partial charge in [-0.05, 0) is 66.4 Å². The molecule has 1 aromatic carbocycles. The first kappa shape index (κ1) is 48.3. The molecule has 0 spiro atoms. The molecular formula is C46H57N11O7S2. The molecule has 20 heteroatoms. The van der Waals surface area contributed by atoms with Gasteiger partial charge in [-0.3, -0.25) is 24.3 Å². The van der Waals surface area contributed by atoms with Crippen molar-refractivity contribution in [3.8, 4) is 5.69 Å². The number of pyridine rings is 3. The number of rotatable bonds is 25. The zero-order chi connectivity index (χ0) is 46.1. The van der Waals surface area contributed by atoms with Crippen molar-refractivity contribution in [1.82, 2.24) is 49.8 Å². The van der Waals surface area contributed by atoms with E-state index in [1.165, 1.54) is 22.5 Å². The molecule has 7 rings (SSSR count). The number of carbonyl (C=O) groups excluding carboxylic acids is 2. The molecule has 1 aliphatic heterocycles. The van der Waals surface area contributed by atoms with Gasteiger partial charge in [0.05, 0.1) is 82.1 Å². The first-order valence-electron chi connectivity index (χ1n) is 22.1. The van der Waals surface area contributed by atoms with E-state index < -0.39 is 0 Å².